The molecule has 1 rings (SSSR count). The summed E-state index contributed by atoms with van der Waals surface area (Å²) in [6, 6.07) is 4.43. The Bertz CT molecular complexity index is 1030. The van der Waals surface area contributed by atoms with Gasteiger partial charge in [-0.3, -0.25) is 24.2 Å². The smallest absolute Gasteiger partial charge is 0.326 e. The third-order valence-corrected chi connectivity index (χ3v) is 5.85. The molecule has 0 aliphatic carbocycles. The molecule has 0 heterocycles. The molecule has 14 nitrogen and oxygen atoms in total. The highest BCUT2D eigenvalue weighted by Gasteiger charge is 2.30. The molecule has 222 valence electrons. The van der Waals surface area contributed by atoms with E-state index in [0.717, 1.165) is 5.56 Å². The molecule has 0 saturated carbocycles. The molecule has 4 atom stereocenters. The minimum atomic E-state index is -1.41. The Morgan fingerprint density at radius 1 is 0.850 bits per heavy atom. The van der Waals surface area contributed by atoms with Crippen LogP contribution in [0.2, 0.25) is 0 Å². The second-order valence-electron chi connectivity index (χ2n) is 9.90. The van der Waals surface area contributed by atoms with E-state index in [1.807, 2.05) is 19.9 Å². The van der Waals surface area contributed by atoms with Crippen LogP contribution >= 0.6 is 0 Å². The van der Waals surface area contributed by atoms with Crippen molar-refractivity contribution < 1.29 is 29.1 Å². The van der Waals surface area contributed by atoms with E-state index < -0.39 is 53.8 Å². The fourth-order valence-corrected chi connectivity index (χ4v) is 3.81. The van der Waals surface area contributed by atoms with Crippen molar-refractivity contribution in [3.8, 4) is 0 Å². The minimum Gasteiger partial charge on any atom is -0.480 e. The van der Waals surface area contributed by atoms with Gasteiger partial charge in [0.2, 0.25) is 23.6 Å². The second-order valence-corrected chi connectivity index (χ2v) is 9.90. The van der Waals surface area contributed by atoms with Crippen molar-refractivity contribution >= 4 is 35.6 Å². The molecule has 1 aromatic rings. The normalized spacial score (nSPS) is 13.8. The quantitative estimate of drug-likeness (QED) is 0.0585. The van der Waals surface area contributed by atoms with Crippen LogP contribution in [0.3, 0.4) is 0 Å². The molecule has 0 aliphatic rings. The van der Waals surface area contributed by atoms with E-state index in [0.29, 0.717) is 6.42 Å². The number of rotatable bonds is 18. The molecule has 1 aromatic carbocycles. The number of aliphatic imine (C=N–C) groups is 1. The summed E-state index contributed by atoms with van der Waals surface area (Å²) in [5.74, 6) is -4.07. The van der Waals surface area contributed by atoms with Gasteiger partial charge in [0.15, 0.2) is 5.96 Å². The first kappa shape index (κ1) is 33.8. The van der Waals surface area contributed by atoms with Crippen LogP contribution in [-0.2, 0) is 30.4 Å². The van der Waals surface area contributed by atoms with E-state index in [1.165, 1.54) is 0 Å². The zero-order valence-electron chi connectivity index (χ0n) is 23.0. The molecule has 0 saturated heterocycles. The van der Waals surface area contributed by atoms with Gasteiger partial charge in [0.25, 0.3) is 0 Å². The number of primary amides is 1. The Labute approximate surface area is 233 Å². The largest absolute Gasteiger partial charge is 0.480 e. The number of guanidine groups is 1. The summed E-state index contributed by atoms with van der Waals surface area (Å²) in [4.78, 5) is 65.9. The van der Waals surface area contributed by atoms with Crippen LogP contribution in [-0.4, -0.2) is 71.4 Å². The summed E-state index contributed by atoms with van der Waals surface area (Å²) >= 11 is 0. The molecule has 0 aromatic heterocycles. The molecule has 0 aliphatic heterocycles. The van der Waals surface area contributed by atoms with Crippen LogP contribution in [0.25, 0.3) is 0 Å². The number of nitrogens with one attached hydrogen (secondary N) is 3. The van der Waals surface area contributed by atoms with Gasteiger partial charge in [-0.1, -0.05) is 44.2 Å². The van der Waals surface area contributed by atoms with Crippen molar-refractivity contribution in [1.29, 1.82) is 0 Å². The Morgan fingerprint density at radius 2 is 1.43 bits per heavy atom. The van der Waals surface area contributed by atoms with E-state index in [4.69, 9.17) is 22.9 Å². The molecule has 0 radical (unpaired) electrons. The van der Waals surface area contributed by atoms with Crippen molar-refractivity contribution in [2.24, 2.45) is 33.8 Å². The van der Waals surface area contributed by atoms with Gasteiger partial charge in [-0.15, -0.1) is 0 Å². The SMILES string of the molecule is CC(C)CC(N)C(=O)NC(Cc1ccccc1)C(=O)NC(CCCN=C(N)N)C(=O)NC(CCC(N)=O)C(=O)O. The van der Waals surface area contributed by atoms with Crippen molar-refractivity contribution in [1.82, 2.24) is 16.0 Å². The average Bonchev–Trinajstić information content (AvgIpc) is 2.87. The van der Waals surface area contributed by atoms with Gasteiger partial charge in [-0.05, 0) is 37.2 Å². The monoisotopic (exact) mass is 562 g/mol. The van der Waals surface area contributed by atoms with Gasteiger partial charge in [-0.2, -0.15) is 0 Å². The maximum Gasteiger partial charge on any atom is 0.326 e. The van der Waals surface area contributed by atoms with Crippen molar-refractivity contribution in [2.75, 3.05) is 6.54 Å². The number of nitrogens with zero attached hydrogens (tertiary/aromatic N) is 1. The zero-order chi connectivity index (χ0) is 30.2. The Morgan fingerprint density at radius 3 is 1.98 bits per heavy atom. The molecule has 14 heteroatoms. The second kappa shape index (κ2) is 17.4. The molecule has 4 unspecified atom stereocenters. The number of amides is 4. The topological polar surface area (TPSA) is 258 Å². The van der Waals surface area contributed by atoms with Crippen molar-refractivity contribution in [3.63, 3.8) is 0 Å². The van der Waals surface area contributed by atoms with E-state index >= 15 is 0 Å². The highest BCUT2D eigenvalue weighted by Crippen LogP contribution is 2.09. The maximum atomic E-state index is 13.4. The summed E-state index contributed by atoms with van der Waals surface area (Å²) in [6.45, 7) is 3.99. The van der Waals surface area contributed by atoms with E-state index in [9.17, 15) is 29.1 Å². The predicted molar refractivity (Wildman–Crippen MR) is 149 cm³/mol. The lowest BCUT2D eigenvalue weighted by molar-refractivity contribution is -0.142. The predicted octanol–water partition coefficient (Wildman–Crippen LogP) is -1.54. The number of carboxylic acids is 1. The number of hydrogen-bond acceptors (Lipinski definition) is 7. The highest BCUT2D eigenvalue weighted by molar-refractivity contribution is 5.94. The first-order valence-electron chi connectivity index (χ1n) is 13.1. The first-order valence-corrected chi connectivity index (χ1v) is 13.1. The van der Waals surface area contributed by atoms with Crippen LogP contribution in [0.5, 0.6) is 0 Å². The number of hydrogen-bond donors (Lipinski definition) is 8. The van der Waals surface area contributed by atoms with Gasteiger partial charge in [0.1, 0.15) is 18.1 Å². The van der Waals surface area contributed by atoms with Crippen LogP contribution in [0, 0.1) is 5.92 Å². The van der Waals surface area contributed by atoms with E-state index in [2.05, 4.69) is 20.9 Å². The first-order chi connectivity index (χ1) is 18.8. The molecule has 12 N–H and O–H groups in total. The van der Waals surface area contributed by atoms with Gasteiger partial charge in [0, 0.05) is 19.4 Å². The molecular formula is C26H42N8O6. The average molecular weight is 563 g/mol. The van der Waals surface area contributed by atoms with Crippen LogP contribution in [0.1, 0.15) is 51.5 Å². The molecular weight excluding hydrogens is 520 g/mol. The fourth-order valence-electron chi connectivity index (χ4n) is 3.81. The van der Waals surface area contributed by atoms with Gasteiger partial charge >= 0.3 is 5.97 Å². The third kappa shape index (κ3) is 13.6. The number of nitrogens with two attached hydrogens (primary N) is 4. The van der Waals surface area contributed by atoms with Crippen molar-refractivity contribution in [2.45, 2.75) is 76.5 Å². The summed E-state index contributed by atoms with van der Waals surface area (Å²) < 4.78 is 0. The summed E-state index contributed by atoms with van der Waals surface area (Å²) in [5, 5.41) is 17.1. The lowest BCUT2D eigenvalue weighted by atomic mass is 10.0. The van der Waals surface area contributed by atoms with Crippen molar-refractivity contribution in [3.05, 3.63) is 35.9 Å². The number of benzene rings is 1. The molecule has 40 heavy (non-hydrogen) atoms. The number of aliphatic carboxylic acids is 1. The van der Waals surface area contributed by atoms with Gasteiger partial charge < -0.3 is 44.0 Å². The highest BCUT2D eigenvalue weighted by atomic mass is 16.4. The summed E-state index contributed by atoms with van der Waals surface area (Å²) in [7, 11) is 0. The summed E-state index contributed by atoms with van der Waals surface area (Å²) in [5.41, 5.74) is 22.6. The van der Waals surface area contributed by atoms with Crippen LogP contribution < -0.4 is 38.9 Å². The summed E-state index contributed by atoms with van der Waals surface area (Å²) in [6.07, 6.45) is 0.348. The lowest BCUT2D eigenvalue weighted by Gasteiger charge is -2.25. The van der Waals surface area contributed by atoms with Gasteiger partial charge in [0.05, 0.1) is 6.04 Å². The van der Waals surface area contributed by atoms with Gasteiger partial charge in [-0.25, -0.2) is 4.79 Å². The standard InChI is InChI=1S/C26H42N8O6/c1-15(2)13-17(27)22(36)34-20(14-16-7-4-3-5-8-16)24(38)32-18(9-6-12-31-26(29)30)23(37)33-19(25(39)40)10-11-21(28)35/h3-5,7-8,15,17-20H,6,9-14,27H2,1-2H3,(H2,28,35)(H,32,38)(H,33,37)(H,34,36)(H,39,40)(H4,29,30,31). The molecule has 4 amide bonds. The number of carbonyl (C=O) groups excluding carboxylic acids is 4. The third-order valence-electron chi connectivity index (χ3n) is 5.85. The zero-order valence-corrected chi connectivity index (χ0v) is 23.0. The Kier molecular flexibility index (Phi) is 14.7. The minimum absolute atomic E-state index is 0.0510. The van der Waals surface area contributed by atoms with E-state index in [-0.39, 0.29) is 50.5 Å². The Hall–Kier alpha value is -4.20. The Balaban J connectivity index is 3.15. The molecule has 0 bridgehead atoms. The van der Waals surface area contributed by atoms with Crippen LogP contribution in [0.4, 0.5) is 0 Å². The molecule has 0 spiro atoms. The lowest BCUT2D eigenvalue weighted by Crippen LogP contribution is -2.57. The van der Waals surface area contributed by atoms with Crippen LogP contribution in [0.15, 0.2) is 35.3 Å². The maximum absolute atomic E-state index is 13.4. The number of carboxylic acid groups (broad SMARTS) is 1. The van der Waals surface area contributed by atoms with E-state index in [1.54, 1.807) is 24.3 Å². The number of carbonyl (C=O) groups is 5. The fraction of sp³-hybridized carbons (Fsp3) is 0.538. The molecule has 0 fully saturated rings.